The van der Waals surface area contributed by atoms with Crippen molar-refractivity contribution < 1.29 is 23.8 Å². The lowest BCUT2D eigenvalue weighted by molar-refractivity contribution is -0.139. The Hall–Kier alpha value is -2.38. The maximum absolute atomic E-state index is 11.6. The molecule has 2 atom stereocenters. The molecule has 0 saturated heterocycles. The van der Waals surface area contributed by atoms with Crippen LogP contribution in [0.3, 0.4) is 0 Å². The zero-order chi connectivity index (χ0) is 17.9. The molecule has 0 aliphatic heterocycles. The molecule has 0 fully saturated rings. The van der Waals surface area contributed by atoms with E-state index in [1.807, 2.05) is 0 Å². The molecule has 6 nitrogen and oxygen atoms in total. The van der Waals surface area contributed by atoms with Crippen LogP contribution in [0.15, 0.2) is 48.5 Å². The molecular formula is C17H18NO5S-. The number of hydrogen-bond donors (Lipinski definition) is 2. The third-order valence-electron chi connectivity index (χ3n) is 3.62. The third kappa shape index (κ3) is 3.93. The third-order valence-corrected chi connectivity index (χ3v) is 4.38. The van der Waals surface area contributed by atoms with Gasteiger partial charge >= 0.3 is 5.97 Å². The monoisotopic (exact) mass is 348 g/mol. The van der Waals surface area contributed by atoms with Crippen molar-refractivity contribution >= 4 is 22.9 Å². The van der Waals surface area contributed by atoms with E-state index in [-0.39, 0.29) is 11.4 Å². The van der Waals surface area contributed by atoms with Crippen LogP contribution >= 0.6 is 0 Å². The standard InChI is InChI=1S/C17H19NO5S/c1-11(2)16(17(20)21)18(24(22)23)14-7-3-12(4-8-14)13-5-9-15(19)10-6-13/h3-11,16,19H,1-2H3,(H,20,21)(H,22,23)/p-1. The lowest BCUT2D eigenvalue weighted by Crippen LogP contribution is -2.45. The molecule has 2 rings (SSSR count). The van der Waals surface area contributed by atoms with Crippen molar-refractivity contribution in [2.45, 2.75) is 19.9 Å². The van der Waals surface area contributed by atoms with E-state index in [1.165, 1.54) is 0 Å². The summed E-state index contributed by atoms with van der Waals surface area (Å²) in [4.78, 5) is 11.4. The minimum absolute atomic E-state index is 0.157. The Morgan fingerprint density at radius 3 is 1.88 bits per heavy atom. The number of anilines is 1. The first kappa shape index (κ1) is 18.0. The lowest BCUT2D eigenvalue weighted by atomic mass is 10.0. The van der Waals surface area contributed by atoms with E-state index in [1.54, 1.807) is 62.4 Å². The SMILES string of the molecule is CC(C)C(C(=O)O)N(c1ccc(-c2ccc(O)cc2)cc1)S(=O)[O-]. The molecule has 2 aromatic rings. The number of phenolic OH excluding ortho intramolecular Hbond substituents is 1. The van der Waals surface area contributed by atoms with Crippen LogP contribution in [0.2, 0.25) is 0 Å². The van der Waals surface area contributed by atoms with Crippen molar-refractivity contribution in [1.29, 1.82) is 0 Å². The van der Waals surface area contributed by atoms with Crippen LogP contribution < -0.4 is 4.31 Å². The van der Waals surface area contributed by atoms with Crippen LogP contribution in [-0.2, 0) is 16.1 Å². The Kier molecular flexibility index (Phi) is 5.58. The summed E-state index contributed by atoms with van der Waals surface area (Å²) in [5, 5.41) is 18.7. The lowest BCUT2D eigenvalue weighted by Gasteiger charge is -2.34. The second-order valence-electron chi connectivity index (χ2n) is 5.66. The van der Waals surface area contributed by atoms with Gasteiger partial charge in [-0.1, -0.05) is 38.1 Å². The van der Waals surface area contributed by atoms with Crippen LogP contribution in [0.1, 0.15) is 13.8 Å². The molecule has 0 aliphatic carbocycles. The molecule has 0 spiro atoms. The molecule has 2 unspecified atom stereocenters. The van der Waals surface area contributed by atoms with Crippen molar-refractivity contribution in [2.24, 2.45) is 5.92 Å². The quantitative estimate of drug-likeness (QED) is 0.782. The summed E-state index contributed by atoms with van der Waals surface area (Å²) in [5.41, 5.74) is 1.96. The first-order valence-corrected chi connectivity index (χ1v) is 8.35. The number of carbonyl (C=O) groups is 1. The summed E-state index contributed by atoms with van der Waals surface area (Å²) in [6.07, 6.45) is 0. The summed E-state index contributed by atoms with van der Waals surface area (Å²) < 4.78 is 24.0. The number of carboxylic acid groups (broad SMARTS) is 1. The van der Waals surface area contributed by atoms with Crippen molar-refractivity contribution in [1.82, 2.24) is 0 Å². The fraction of sp³-hybridized carbons (Fsp3) is 0.235. The number of aromatic hydroxyl groups is 1. The van der Waals surface area contributed by atoms with Gasteiger partial charge in [0.2, 0.25) is 0 Å². The Morgan fingerprint density at radius 2 is 1.50 bits per heavy atom. The molecule has 128 valence electrons. The van der Waals surface area contributed by atoms with E-state index in [0.717, 1.165) is 15.4 Å². The fourth-order valence-corrected chi connectivity index (χ4v) is 3.26. The van der Waals surface area contributed by atoms with Crippen molar-refractivity contribution in [3.05, 3.63) is 48.5 Å². The minimum Gasteiger partial charge on any atom is -0.755 e. The maximum Gasteiger partial charge on any atom is 0.327 e. The highest BCUT2D eigenvalue weighted by Gasteiger charge is 2.30. The van der Waals surface area contributed by atoms with Crippen molar-refractivity contribution in [2.75, 3.05) is 4.31 Å². The number of carboxylic acids is 1. The fourth-order valence-electron chi connectivity index (χ4n) is 2.45. The minimum atomic E-state index is -2.71. The zero-order valence-corrected chi connectivity index (χ0v) is 14.1. The Bertz CT molecular complexity index is 728. The van der Waals surface area contributed by atoms with E-state index in [0.29, 0.717) is 0 Å². The average molecular weight is 348 g/mol. The van der Waals surface area contributed by atoms with Crippen LogP contribution in [0, 0.1) is 5.92 Å². The molecule has 2 N–H and O–H groups in total. The maximum atomic E-state index is 11.6. The molecule has 0 saturated carbocycles. The molecule has 24 heavy (non-hydrogen) atoms. The Labute approximate surface area is 142 Å². The van der Waals surface area contributed by atoms with Crippen LogP contribution in [0.25, 0.3) is 11.1 Å². The summed E-state index contributed by atoms with van der Waals surface area (Å²) in [6.45, 7) is 3.31. The largest absolute Gasteiger partial charge is 0.755 e. The van der Waals surface area contributed by atoms with Gasteiger partial charge in [-0.2, -0.15) is 0 Å². The van der Waals surface area contributed by atoms with Crippen LogP contribution in [0.4, 0.5) is 5.69 Å². The summed E-state index contributed by atoms with van der Waals surface area (Å²) >= 11 is -2.71. The smallest absolute Gasteiger partial charge is 0.327 e. The number of rotatable bonds is 6. The number of aliphatic carboxylic acids is 1. The van der Waals surface area contributed by atoms with Gasteiger partial charge in [0.25, 0.3) is 0 Å². The van der Waals surface area contributed by atoms with Gasteiger partial charge in [-0.05, 0) is 41.3 Å². The number of nitrogens with zero attached hydrogens (tertiary/aromatic N) is 1. The van der Waals surface area contributed by atoms with Crippen LogP contribution in [-0.4, -0.2) is 31.0 Å². The van der Waals surface area contributed by atoms with Gasteiger partial charge in [-0.15, -0.1) is 0 Å². The van der Waals surface area contributed by atoms with Crippen molar-refractivity contribution in [3.63, 3.8) is 0 Å². The van der Waals surface area contributed by atoms with Gasteiger partial charge in [0, 0.05) is 17.0 Å². The van der Waals surface area contributed by atoms with Gasteiger partial charge in [0.05, 0.1) is 0 Å². The van der Waals surface area contributed by atoms with E-state index in [2.05, 4.69) is 0 Å². The number of hydrogen-bond acceptors (Lipinski definition) is 4. The molecule has 0 bridgehead atoms. The predicted octanol–water partition coefficient (Wildman–Crippen LogP) is 2.77. The average Bonchev–Trinajstić information content (AvgIpc) is 2.52. The highest BCUT2D eigenvalue weighted by atomic mass is 32.2. The zero-order valence-electron chi connectivity index (χ0n) is 13.2. The normalized spacial score (nSPS) is 13.5. The number of phenols is 1. The highest BCUT2D eigenvalue weighted by molar-refractivity contribution is 7.80. The topological polar surface area (TPSA) is 101 Å². The van der Waals surface area contributed by atoms with Gasteiger partial charge in [0.1, 0.15) is 11.8 Å². The van der Waals surface area contributed by atoms with Gasteiger partial charge in [-0.3, -0.25) is 8.51 Å². The van der Waals surface area contributed by atoms with E-state index < -0.39 is 29.2 Å². The highest BCUT2D eigenvalue weighted by Crippen LogP contribution is 2.27. The van der Waals surface area contributed by atoms with E-state index in [9.17, 15) is 23.8 Å². The Morgan fingerprint density at radius 1 is 1.04 bits per heavy atom. The van der Waals surface area contributed by atoms with Crippen LogP contribution in [0.5, 0.6) is 5.75 Å². The molecular weight excluding hydrogens is 330 g/mol. The Balaban J connectivity index is 2.37. The number of benzene rings is 2. The summed E-state index contributed by atoms with van der Waals surface area (Å²) in [6, 6.07) is 12.0. The van der Waals surface area contributed by atoms with Gasteiger partial charge in [-0.25, -0.2) is 4.79 Å². The first-order valence-electron chi connectivity index (χ1n) is 7.32. The molecule has 2 aromatic carbocycles. The molecule has 0 amide bonds. The second kappa shape index (κ2) is 7.46. The molecule has 0 radical (unpaired) electrons. The molecule has 0 heterocycles. The molecule has 0 aliphatic rings. The van der Waals surface area contributed by atoms with Crippen molar-refractivity contribution in [3.8, 4) is 16.9 Å². The summed E-state index contributed by atoms with van der Waals surface area (Å²) in [7, 11) is 0. The second-order valence-corrected chi connectivity index (χ2v) is 6.49. The van der Waals surface area contributed by atoms with E-state index in [4.69, 9.17) is 0 Å². The first-order chi connectivity index (χ1) is 11.3. The molecule has 7 heteroatoms. The van der Waals surface area contributed by atoms with Gasteiger partial charge < -0.3 is 14.8 Å². The summed E-state index contributed by atoms with van der Waals surface area (Å²) in [5.74, 6) is -1.43. The van der Waals surface area contributed by atoms with E-state index >= 15 is 0 Å². The molecule has 0 aromatic heterocycles. The predicted molar refractivity (Wildman–Crippen MR) is 91.2 cm³/mol. The van der Waals surface area contributed by atoms with Gasteiger partial charge in [0.15, 0.2) is 0 Å².